The number of nitrogens with zero attached hydrogens (tertiary/aromatic N) is 1. The number of benzene rings is 1. The van der Waals surface area contributed by atoms with Gasteiger partial charge in [-0.05, 0) is 37.0 Å². The van der Waals surface area contributed by atoms with E-state index >= 15 is 0 Å². The number of nitrogens with one attached hydrogen (secondary N) is 1. The minimum Gasteiger partial charge on any atom is -0.493 e. The Balaban J connectivity index is 1.71. The highest BCUT2D eigenvalue weighted by molar-refractivity contribution is 7.87. The van der Waals surface area contributed by atoms with Gasteiger partial charge in [-0.1, -0.05) is 25.0 Å². The molecule has 1 atom stereocenters. The molecule has 1 saturated heterocycles. The van der Waals surface area contributed by atoms with Gasteiger partial charge in [-0.3, -0.25) is 0 Å². The Morgan fingerprint density at radius 2 is 1.91 bits per heavy atom. The first-order valence-electron chi connectivity index (χ1n) is 8.09. The molecule has 0 aliphatic carbocycles. The lowest BCUT2D eigenvalue weighted by molar-refractivity contribution is 0.357. The molecule has 2 aliphatic rings. The van der Waals surface area contributed by atoms with Gasteiger partial charge in [-0.2, -0.15) is 17.4 Å². The molecule has 1 aromatic rings. The van der Waals surface area contributed by atoms with E-state index in [4.69, 9.17) is 4.74 Å². The largest absolute Gasteiger partial charge is 0.493 e. The maximum atomic E-state index is 12.5. The van der Waals surface area contributed by atoms with Gasteiger partial charge in [0.15, 0.2) is 0 Å². The molecular weight excluding hydrogens is 300 g/mol. The first kappa shape index (κ1) is 15.8. The van der Waals surface area contributed by atoms with Crippen molar-refractivity contribution in [1.29, 1.82) is 0 Å². The van der Waals surface area contributed by atoms with Crippen molar-refractivity contribution in [2.24, 2.45) is 0 Å². The number of fused-ring (bicyclic) bond motifs is 1. The highest BCUT2D eigenvalue weighted by Gasteiger charge is 2.25. The van der Waals surface area contributed by atoms with Crippen LogP contribution in [0.1, 0.15) is 49.8 Å². The summed E-state index contributed by atoms with van der Waals surface area (Å²) in [6.45, 7) is 3.86. The van der Waals surface area contributed by atoms with Gasteiger partial charge in [0.05, 0.1) is 6.61 Å². The van der Waals surface area contributed by atoms with Crippen LogP contribution >= 0.6 is 0 Å². The van der Waals surface area contributed by atoms with E-state index < -0.39 is 10.2 Å². The fraction of sp³-hybridized carbons (Fsp3) is 0.625. The molecule has 2 heterocycles. The Kier molecular flexibility index (Phi) is 4.70. The van der Waals surface area contributed by atoms with E-state index in [2.05, 4.69) is 10.8 Å². The molecule has 3 rings (SSSR count). The van der Waals surface area contributed by atoms with E-state index in [0.717, 1.165) is 43.4 Å². The van der Waals surface area contributed by atoms with Crippen molar-refractivity contribution in [2.45, 2.75) is 45.1 Å². The Morgan fingerprint density at radius 3 is 2.64 bits per heavy atom. The van der Waals surface area contributed by atoms with Crippen LogP contribution in [0.3, 0.4) is 0 Å². The molecule has 0 amide bonds. The lowest BCUT2D eigenvalue weighted by atomic mass is 10.0. The molecule has 122 valence electrons. The van der Waals surface area contributed by atoms with E-state index in [1.807, 2.05) is 19.1 Å². The second-order valence-electron chi connectivity index (χ2n) is 6.12. The van der Waals surface area contributed by atoms with E-state index in [1.54, 1.807) is 4.31 Å². The molecule has 0 bridgehead atoms. The molecule has 6 heteroatoms. The quantitative estimate of drug-likeness (QED) is 0.925. The van der Waals surface area contributed by atoms with Crippen LogP contribution in [-0.4, -0.2) is 32.4 Å². The number of hydrogen-bond acceptors (Lipinski definition) is 3. The minimum absolute atomic E-state index is 0.237. The smallest absolute Gasteiger partial charge is 0.279 e. The van der Waals surface area contributed by atoms with Crippen LogP contribution in [0, 0.1) is 0 Å². The molecule has 0 aromatic heterocycles. The average Bonchev–Trinajstić information content (AvgIpc) is 2.77. The fourth-order valence-corrected chi connectivity index (χ4v) is 4.59. The van der Waals surface area contributed by atoms with Gasteiger partial charge in [0, 0.05) is 25.6 Å². The topological polar surface area (TPSA) is 58.6 Å². The van der Waals surface area contributed by atoms with E-state index in [1.165, 1.54) is 5.56 Å². The maximum Gasteiger partial charge on any atom is 0.279 e. The lowest BCUT2D eigenvalue weighted by Crippen LogP contribution is -2.42. The molecule has 2 aliphatic heterocycles. The highest BCUT2D eigenvalue weighted by atomic mass is 32.2. The van der Waals surface area contributed by atoms with Crippen molar-refractivity contribution in [3.05, 3.63) is 29.3 Å². The highest BCUT2D eigenvalue weighted by Crippen LogP contribution is 2.28. The van der Waals surface area contributed by atoms with Crippen LogP contribution in [0.4, 0.5) is 0 Å². The second kappa shape index (κ2) is 6.56. The third kappa shape index (κ3) is 3.45. The fourth-order valence-electron chi connectivity index (χ4n) is 3.12. The Hall–Kier alpha value is -1.11. The summed E-state index contributed by atoms with van der Waals surface area (Å²) in [5.74, 6) is 0.923. The second-order valence-corrected chi connectivity index (χ2v) is 7.83. The summed E-state index contributed by atoms with van der Waals surface area (Å²) >= 11 is 0. The van der Waals surface area contributed by atoms with Crippen molar-refractivity contribution < 1.29 is 13.2 Å². The van der Waals surface area contributed by atoms with Gasteiger partial charge < -0.3 is 4.74 Å². The molecule has 0 spiro atoms. The van der Waals surface area contributed by atoms with E-state index in [9.17, 15) is 8.42 Å². The van der Waals surface area contributed by atoms with Gasteiger partial charge in [-0.25, -0.2) is 0 Å². The third-order valence-electron chi connectivity index (χ3n) is 4.44. The van der Waals surface area contributed by atoms with Crippen LogP contribution in [-0.2, 0) is 16.6 Å². The first-order valence-corrected chi connectivity index (χ1v) is 9.53. The van der Waals surface area contributed by atoms with Gasteiger partial charge in [0.2, 0.25) is 0 Å². The van der Waals surface area contributed by atoms with Gasteiger partial charge >= 0.3 is 0 Å². The number of rotatable bonds is 4. The summed E-state index contributed by atoms with van der Waals surface area (Å²) in [7, 11) is -3.42. The maximum absolute atomic E-state index is 12.5. The summed E-state index contributed by atoms with van der Waals surface area (Å²) in [6, 6.07) is 5.70. The zero-order chi connectivity index (χ0) is 15.6. The molecule has 1 fully saturated rings. The average molecular weight is 324 g/mol. The SMILES string of the molecule is CC(NS(=O)(=O)N1CCCCCC1)c1ccc2c(c1)CCO2. The molecule has 1 N–H and O–H groups in total. The van der Waals surface area contributed by atoms with Crippen LogP contribution in [0.15, 0.2) is 18.2 Å². The Labute approximate surface area is 132 Å². The summed E-state index contributed by atoms with van der Waals surface area (Å²) in [5.41, 5.74) is 2.15. The Morgan fingerprint density at radius 1 is 1.18 bits per heavy atom. The molecule has 1 unspecified atom stereocenters. The van der Waals surface area contributed by atoms with Gasteiger partial charge in [0.25, 0.3) is 10.2 Å². The van der Waals surface area contributed by atoms with E-state index in [-0.39, 0.29) is 6.04 Å². The predicted molar refractivity (Wildman–Crippen MR) is 86.2 cm³/mol. The van der Waals surface area contributed by atoms with Crippen LogP contribution in [0.25, 0.3) is 0 Å². The van der Waals surface area contributed by atoms with Crippen LogP contribution in [0.2, 0.25) is 0 Å². The molecule has 22 heavy (non-hydrogen) atoms. The molecular formula is C16H24N2O3S. The molecule has 0 radical (unpaired) electrons. The summed E-state index contributed by atoms with van der Waals surface area (Å²) < 4.78 is 35.0. The first-order chi connectivity index (χ1) is 10.6. The normalized spacial score (nSPS) is 21.0. The van der Waals surface area contributed by atoms with Crippen molar-refractivity contribution >= 4 is 10.2 Å². The van der Waals surface area contributed by atoms with E-state index in [0.29, 0.717) is 19.7 Å². The van der Waals surface area contributed by atoms with Crippen molar-refractivity contribution in [3.8, 4) is 5.75 Å². The van der Waals surface area contributed by atoms with Gasteiger partial charge in [-0.15, -0.1) is 0 Å². The molecule has 5 nitrogen and oxygen atoms in total. The summed E-state index contributed by atoms with van der Waals surface area (Å²) in [5, 5.41) is 0. The monoisotopic (exact) mass is 324 g/mol. The zero-order valence-corrected chi connectivity index (χ0v) is 13.9. The van der Waals surface area contributed by atoms with Crippen molar-refractivity contribution in [3.63, 3.8) is 0 Å². The van der Waals surface area contributed by atoms with Gasteiger partial charge in [0.1, 0.15) is 5.75 Å². The van der Waals surface area contributed by atoms with Crippen LogP contribution in [0.5, 0.6) is 5.75 Å². The molecule has 1 aromatic carbocycles. The predicted octanol–water partition coefficient (Wildman–Crippen LogP) is 2.39. The summed E-state index contributed by atoms with van der Waals surface area (Å²) in [4.78, 5) is 0. The van der Waals surface area contributed by atoms with Crippen LogP contribution < -0.4 is 9.46 Å². The minimum atomic E-state index is -3.42. The lowest BCUT2D eigenvalue weighted by Gasteiger charge is -2.23. The van der Waals surface area contributed by atoms with Crippen molar-refractivity contribution in [2.75, 3.05) is 19.7 Å². The third-order valence-corrected chi connectivity index (χ3v) is 6.14. The standard InChI is InChI=1S/C16H24N2O3S/c1-13(14-6-7-16-15(12-14)8-11-21-16)17-22(19,20)18-9-4-2-3-5-10-18/h6-7,12-13,17H,2-5,8-11H2,1H3. The zero-order valence-electron chi connectivity index (χ0n) is 13.0. The Bertz CT molecular complexity index is 622. The molecule has 0 saturated carbocycles. The number of ether oxygens (including phenoxy) is 1. The summed E-state index contributed by atoms with van der Waals surface area (Å²) in [6.07, 6.45) is 5.03. The number of hydrogen-bond donors (Lipinski definition) is 1. The van der Waals surface area contributed by atoms with Crippen molar-refractivity contribution in [1.82, 2.24) is 9.03 Å².